The molecule has 448 valence electrons. The van der Waals surface area contributed by atoms with E-state index in [-0.39, 0.29) is 146 Å². The molecule has 0 aromatic heterocycles. The normalized spacial score (nSPS) is 12.6. The van der Waals surface area contributed by atoms with Gasteiger partial charge in [-0.05, 0) is 58.3 Å². The van der Waals surface area contributed by atoms with E-state index in [2.05, 4.69) is 21.3 Å². The fourth-order valence-electron chi connectivity index (χ4n) is 7.96. The fourth-order valence-corrected chi connectivity index (χ4v) is 7.96. The number of aliphatic carboxylic acids is 4. The second-order valence-electron chi connectivity index (χ2n) is 19.8. The quantitative estimate of drug-likeness (QED) is 0.0349. The third kappa shape index (κ3) is 45.6. The lowest BCUT2D eigenvalue weighted by molar-refractivity contribution is -0.145. The number of carboxylic acids is 4. The number of Topliss-reactive ketones (excluding diaryl/α,β-unsaturated/α-hetero) is 3. The monoisotopic (exact) mass is 1110 g/mol. The van der Waals surface area contributed by atoms with Crippen LogP contribution in [0.4, 0.5) is 0 Å². The van der Waals surface area contributed by atoms with Crippen LogP contribution in [0.5, 0.6) is 0 Å². The molecule has 0 saturated carbocycles. The molecule has 0 aromatic carbocycles. The Kier molecular flexibility index (Phi) is 45.3. The summed E-state index contributed by atoms with van der Waals surface area (Å²) in [5, 5.41) is 47.4. The van der Waals surface area contributed by atoms with Crippen molar-refractivity contribution in [1.82, 2.24) is 21.3 Å². The number of carbonyl (C=O) groups is 11. The van der Waals surface area contributed by atoms with Crippen molar-refractivity contribution in [3.8, 4) is 0 Å². The third-order valence-corrected chi connectivity index (χ3v) is 12.9. The lowest BCUT2D eigenvalue weighted by Gasteiger charge is -2.16. The molecule has 0 aromatic rings. The van der Waals surface area contributed by atoms with E-state index >= 15 is 0 Å². The highest BCUT2D eigenvalue weighted by atomic mass is 16.5. The second-order valence-corrected chi connectivity index (χ2v) is 19.8. The van der Waals surface area contributed by atoms with Gasteiger partial charge in [-0.1, -0.05) is 90.4 Å². The molecule has 8 N–H and O–H groups in total. The van der Waals surface area contributed by atoms with Crippen LogP contribution in [0.1, 0.15) is 194 Å². The number of nitrogens with one attached hydrogen (secondary N) is 4. The van der Waals surface area contributed by atoms with Crippen LogP contribution < -0.4 is 21.3 Å². The number of amides is 4. The maximum absolute atomic E-state index is 12.6. The smallest absolute Gasteiger partial charge is 0.326 e. The van der Waals surface area contributed by atoms with Gasteiger partial charge in [-0.25, -0.2) is 9.59 Å². The molecule has 23 heteroatoms. The molecular formula is C55H94N4O19. The van der Waals surface area contributed by atoms with Gasteiger partial charge in [0.15, 0.2) is 5.78 Å². The van der Waals surface area contributed by atoms with Crippen LogP contribution in [0.3, 0.4) is 0 Å². The Morgan fingerprint density at radius 3 is 1.35 bits per heavy atom. The van der Waals surface area contributed by atoms with E-state index in [0.29, 0.717) is 25.8 Å². The molecule has 0 aliphatic carbocycles. The summed E-state index contributed by atoms with van der Waals surface area (Å²) in [5.41, 5.74) is 0. The van der Waals surface area contributed by atoms with Gasteiger partial charge < -0.3 is 60.6 Å². The molecular weight excluding hydrogens is 1020 g/mol. The van der Waals surface area contributed by atoms with E-state index in [1.807, 2.05) is 6.92 Å². The summed E-state index contributed by atoms with van der Waals surface area (Å²) in [6.07, 6.45) is 16.7. The summed E-state index contributed by atoms with van der Waals surface area (Å²) in [6.45, 7) is 4.14. The number of carboxylic acid groups (broad SMARTS) is 4. The van der Waals surface area contributed by atoms with Gasteiger partial charge in [0.25, 0.3) is 0 Å². The minimum atomic E-state index is -1.39. The average Bonchev–Trinajstić information content (AvgIpc) is 3.38. The van der Waals surface area contributed by atoms with Crippen molar-refractivity contribution in [3.05, 3.63) is 0 Å². The lowest BCUT2D eigenvalue weighted by Crippen LogP contribution is -2.43. The van der Waals surface area contributed by atoms with Crippen molar-refractivity contribution in [3.63, 3.8) is 0 Å². The van der Waals surface area contributed by atoms with Gasteiger partial charge in [-0.2, -0.15) is 0 Å². The zero-order valence-electron chi connectivity index (χ0n) is 46.6. The minimum absolute atomic E-state index is 0.0308. The molecule has 0 heterocycles. The minimum Gasteiger partial charge on any atom is -0.481 e. The van der Waals surface area contributed by atoms with Gasteiger partial charge in [0.2, 0.25) is 23.6 Å². The number of unbranched alkanes of at least 4 members (excludes halogenated alkanes) is 14. The molecule has 0 bridgehead atoms. The standard InChI is InChI=1S/C55H94N4O19/c1-41(42(2)60)20-17-18-30-56-48(63)28-26-47(55(73)74)59-51(66)40-78-37-34-75-32-19-22-45(62)39-77-36-35-76-33-31-57-49(64)29-25-46(54(71)72)58-50(65)27-24-43(53(69)70)38-44(61)21-15-13-11-9-7-5-3-4-6-8-10-12-14-16-23-52(67)68/h41,43,46-47H,3-40H2,1-2H3,(H,56,63)(H,57,64)(H,58,65)(H,59,66)(H,67,68)(H,69,70)(H,71,72)(H,73,74)/t41-,43+,46-,47-/m0/s1. The molecule has 0 fully saturated rings. The molecule has 4 atom stereocenters. The van der Waals surface area contributed by atoms with E-state index in [1.165, 1.54) is 32.1 Å². The van der Waals surface area contributed by atoms with Crippen LogP contribution in [-0.2, 0) is 71.7 Å². The largest absolute Gasteiger partial charge is 0.481 e. The first-order valence-electron chi connectivity index (χ1n) is 28.2. The molecule has 0 aliphatic rings. The van der Waals surface area contributed by atoms with Crippen molar-refractivity contribution in [2.45, 2.75) is 206 Å². The molecule has 4 amide bonds. The Bertz CT molecular complexity index is 1760. The van der Waals surface area contributed by atoms with Gasteiger partial charge in [-0.3, -0.25) is 43.2 Å². The van der Waals surface area contributed by atoms with Crippen LogP contribution in [0.2, 0.25) is 0 Å². The maximum Gasteiger partial charge on any atom is 0.326 e. The molecule has 0 radical (unpaired) electrons. The second kappa shape index (κ2) is 48.7. The Morgan fingerprint density at radius 2 is 0.833 bits per heavy atom. The first-order chi connectivity index (χ1) is 37.3. The molecule has 0 rings (SSSR count). The van der Waals surface area contributed by atoms with Gasteiger partial charge in [0.1, 0.15) is 36.9 Å². The summed E-state index contributed by atoms with van der Waals surface area (Å²) in [4.78, 5) is 131. The molecule has 23 nitrogen and oxygen atoms in total. The zero-order valence-corrected chi connectivity index (χ0v) is 46.6. The Labute approximate surface area is 460 Å². The van der Waals surface area contributed by atoms with E-state index in [1.54, 1.807) is 6.92 Å². The van der Waals surface area contributed by atoms with Crippen LogP contribution in [0.15, 0.2) is 0 Å². The van der Waals surface area contributed by atoms with E-state index in [4.69, 9.17) is 24.1 Å². The Hall–Kier alpha value is -5.39. The summed E-state index contributed by atoms with van der Waals surface area (Å²) < 4.78 is 21.4. The number of ether oxygens (including phenoxy) is 4. The summed E-state index contributed by atoms with van der Waals surface area (Å²) in [7, 11) is 0. The Balaban J connectivity index is 4.00. The fraction of sp³-hybridized carbons (Fsp3) is 0.800. The SMILES string of the molecule is CC(=O)[C@@H](C)CCCCNC(=O)CC[C@H](NC(=O)COCCOCCCC(=O)COCCOCCNC(=O)CC[C@H](NC(=O)CC[C@H](CC(=O)CCCCCCCCCCCCCCCCC(=O)O)C(=O)O)C(=O)O)C(=O)O. The number of ketones is 3. The average molecular weight is 1120 g/mol. The maximum atomic E-state index is 12.6. The lowest BCUT2D eigenvalue weighted by atomic mass is 9.94. The van der Waals surface area contributed by atoms with Crippen molar-refractivity contribution < 1.29 is 92.1 Å². The summed E-state index contributed by atoms with van der Waals surface area (Å²) >= 11 is 0. The zero-order chi connectivity index (χ0) is 58.2. The number of carbonyl (C=O) groups excluding carboxylic acids is 7. The first-order valence-corrected chi connectivity index (χ1v) is 28.2. The van der Waals surface area contributed by atoms with E-state index < -0.39 is 66.2 Å². The predicted octanol–water partition coefficient (Wildman–Crippen LogP) is 5.50. The number of hydrogen-bond acceptors (Lipinski definition) is 15. The molecule has 78 heavy (non-hydrogen) atoms. The van der Waals surface area contributed by atoms with Crippen molar-refractivity contribution in [2.75, 3.05) is 65.9 Å². The predicted molar refractivity (Wildman–Crippen MR) is 286 cm³/mol. The van der Waals surface area contributed by atoms with Gasteiger partial charge in [0, 0.05) is 70.6 Å². The third-order valence-electron chi connectivity index (χ3n) is 12.9. The Morgan fingerprint density at radius 1 is 0.385 bits per heavy atom. The highest BCUT2D eigenvalue weighted by Crippen LogP contribution is 2.18. The highest BCUT2D eigenvalue weighted by Gasteiger charge is 2.25. The molecule has 0 unspecified atom stereocenters. The van der Waals surface area contributed by atoms with Gasteiger partial charge in [-0.15, -0.1) is 0 Å². The van der Waals surface area contributed by atoms with Crippen LogP contribution in [-0.4, -0.2) is 163 Å². The van der Waals surface area contributed by atoms with Crippen molar-refractivity contribution in [2.24, 2.45) is 11.8 Å². The summed E-state index contributed by atoms with van der Waals surface area (Å²) in [6, 6.07) is -2.65. The van der Waals surface area contributed by atoms with Crippen molar-refractivity contribution >= 4 is 64.9 Å². The highest BCUT2D eigenvalue weighted by molar-refractivity contribution is 5.87. The first kappa shape index (κ1) is 72.6. The number of rotatable bonds is 56. The van der Waals surface area contributed by atoms with Crippen LogP contribution in [0.25, 0.3) is 0 Å². The molecule has 0 aliphatic heterocycles. The van der Waals surface area contributed by atoms with E-state index in [9.17, 15) is 68.1 Å². The van der Waals surface area contributed by atoms with Crippen LogP contribution in [0, 0.1) is 11.8 Å². The molecule has 0 spiro atoms. The van der Waals surface area contributed by atoms with Gasteiger partial charge >= 0.3 is 23.9 Å². The number of hydrogen-bond donors (Lipinski definition) is 8. The van der Waals surface area contributed by atoms with E-state index in [0.717, 1.165) is 64.2 Å². The van der Waals surface area contributed by atoms with Crippen molar-refractivity contribution in [1.29, 1.82) is 0 Å². The van der Waals surface area contributed by atoms with Crippen LogP contribution >= 0.6 is 0 Å². The van der Waals surface area contributed by atoms with Gasteiger partial charge in [0.05, 0.1) is 39.0 Å². The summed E-state index contributed by atoms with van der Waals surface area (Å²) in [5.74, 6) is -8.10. The molecule has 0 saturated heterocycles. The topological polar surface area (TPSA) is 354 Å².